The zero-order valence-corrected chi connectivity index (χ0v) is 16.3. The molecule has 142 valence electrons. The highest BCUT2D eigenvalue weighted by Crippen LogP contribution is 2.38. The molecule has 0 heterocycles. The Hall–Kier alpha value is -0.720. The Morgan fingerprint density at radius 2 is 1.50 bits per heavy atom. The molecular formula is C16H32NO6P. The van der Waals surface area contributed by atoms with Crippen LogP contribution in [0.3, 0.4) is 0 Å². The van der Waals surface area contributed by atoms with E-state index in [9.17, 15) is 14.3 Å². The summed E-state index contributed by atoms with van der Waals surface area (Å²) < 4.78 is 26.8. The van der Waals surface area contributed by atoms with Crippen LogP contribution in [0.2, 0.25) is 0 Å². The summed E-state index contributed by atoms with van der Waals surface area (Å²) >= 11 is 0. The summed E-state index contributed by atoms with van der Waals surface area (Å²) in [7, 11) is 1.68. The smallest absolute Gasteiger partial charge is 0.333 e. The summed E-state index contributed by atoms with van der Waals surface area (Å²) in [5.74, 6) is -0.361. The predicted molar refractivity (Wildman–Crippen MR) is 91.3 cm³/mol. The quantitative estimate of drug-likeness (QED) is 0.154. The Morgan fingerprint density at radius 3 is 2.04 bits per heavy atom. The molecule has 0 N–H and O–H groups in total. The zero-order chi connectivity index (χ0) is 18.6. The molecule has 0 aliphatic heterocycles. The van der Waals surface area contributed by atoms with E-state index in [-0.39, 0.29) is 19.2 Å². The Bertz CT molecular complexity index is 433. The number of hydrogen-bond donors (Lipinski definition) is 0. The Balaban J connectivity index is 3.53. The van der Waals surface area contributed by atoms with Gasteiger partial charge in [0.15, 0.2) is 0 Å². The minimum Gasteiger partial charge on any atom is -0.756 e. The molecule has 0 aliphatic rings. The average molecular weight is 365 g/mol. The molecule has 7 nitrogen and oxygen atoms in total. The highest BCUT2D eigenvalue weighted by atomic mass is 31.2. The van der Waals surface area contributed by atoms with Crippen LogP contribution < -0.4 is 4.89 Å². The fourth-order valence-corrected chi connectivity index (χ4v) is 2.40. The van der Waals surface area contributed by atoms with Crippen molar-refractivity contribution < 1.29 is 32.5 Å². The molecule has 8 heteroatoms. The molecular weight excluding hydrogens is 333 g/mol. The van der Waals surface area contributed by atoms with E-state index in [1.807, 2.05) is 21.1 Å². The summed E-state index contributed by atoms with van der Waals surface area (Å²) in [5, 5.41) is 0. The van der Waals surface area contributed by atoms with Crippen molar-refractivity contribution in [1.29, 1.82) is 0 Å². The van der Waals surface area contributed by atoms with Crippen LogP contribution in [0.5, 0.6) is 0 Å². The third-order valence-corrected chi connectivity index (χ3v) is 4.13. The van der Waals surface area contributed by atoms with Crippen LogP contribution in [0.15, 0.2) is 12.2 Å². The number of phosphoric acid groups is 1. The van der Waals surface area contributed by atoms with Gasteiger partial charge in [0, 0.05) is 5.57 Å². The topological polar surface area (TPSA) is 84.9 Å². The summed E-state index contributed by atoms with van der Waals surface area (Å²) in [5.41, 5.74) is 0.401. The normalized spacial score (nSPS) is 14.2. The first-order chi connectivity index (χ1) is 11.0. The van der Waals surface area contributed by atoms with Crippen molar-refractivity contribution >= 4 is 13.8 Å². The van der Waals surface area contributed by atoms with Gasteiger partial charge in [0.2, 0.25) is 0 Å². The molecule has 0 amide bonds. The van der Waals surface area contributed by atoms with E-state index in [1.54, 1.807) is 6.92 Å². The minimum atomic E-state index is -4.19. The molecule has 0 aliphatic carbocycles. The molecule has 1 atom stereocenters. The number of rotatable bonds is 14. The minimum absolute atomic E-state index is 0.118. The van der Waals surface area contributed by atoms with Gasteiger partial charge in [-0.3, -0.25) is 4.57 Å². The first kappa shape index (κ1) is 23.3. The SMILES string of the molecule is C=C(C)C(=O)OCCCCCCCOP(=O)([O-])OCC[N+](C)(C)C. The second kappa shape index (κ2) is 11.8. The van der Waals surface area contributed by atoms with Gasteiger partial charge in [0.25, 0.3) is 7.82 Å². The molecule has 0 fully saturated rings. The number of phosphoric ester groups is 1. The zero-order valence-electron chi connectivity index (χ0n) is 15.4. The molecule has 0 saturated carbocycles. The van der Waals surface area contributed by atoms with E-state index >= 15 is 0 Å². The third kappa shape index (κ3) is 14.8. The summed E-state index contributed by atoms with van der Waals surface area (Å²) in [6.07, 6.45) is 4.13. The summed E-state index contributed by atoms with van der Waals surface area (Å²) in [6.45, 7) is 6.35. The second-order valence-electron chi connectivity index (χ2n) is 6.81. The van der Waals surface area contributed by atoms with E-state index in [0.29, 0.717) is 29.6 Å². The maximum absolute atomic E-state index is 11.5. The van der Waals surface area contributed by atoms with E-state index < -0.39 is 7.82 Å². The van der Waals surface area contributed by atoms with Crippen LogP contribution in [-0.2, 0) is 23.1 Å². The molecule has 0 spiro atoms. The molecule has 0 aromatic rings. The number of likely N-dealkylation sites (N-methyl/N-ethyl adjacent to an activating group) is 1. The number of carbonyl (C=O) groups excluding carboxylic acids is 1. The van der Waals surface area contributed by atoms with Crippen molar-refractivity contribution in [3.05, 3.63) is 12.2 Å². The maximum Gasteiger partial charge on any atom is 0.333 e. The van der Waals surface area contributed by atoms with Crippen LogP contribution in [0.4, 0.5) is 0 Å². The fourth-order valence-electron chi connectivity index (χ4n) is 1.66. The maximum atomic E-state index is 11.5. The lowest BCUT2D eigenvalue weighted by Gasteiger charge is -2.27. The molecule has 0 bridgehead atoms. The highest BCUT2D eigenvalue weighted by molar-refractivity contribution is 7.45. The summed E-state index contributed by atoms with van der Waals surface area (Å²) in [6, 6.07) is 0. The Kier molecular flexibility index (Phi) is 11.4. The lowest BCUT2D eigenvalue weighted by Crippen LogP contribution is -2.37. The lowest BCUT2D eigenvalue weighted by molar-refractivity contribution is -0.870. The van der Waals surface area contributed by atoms with Gasteiger partial charge in [-0.1, -0.05) is 25.8 Å². The number of nitrogens with zero attached hydrogens (tertiary/aromatic N) is 1. The molecule has 1 unspecified atom stereocenters. The molecule has 24 heavy (non-hydrogen) atoms. The number of ether oxygens (including phenoxy) is 1. The first-order valence-electron chi connectivity index (χ1n) is 8.27. The third-order valence-electron chi connectivity index (χ3n) is 3.13. The predicted octanol–water partition coefficient (Wildman–Crippen LogP) is 2.26. The van der Waals surface area contributed by atoms with Gasteiger partial charge < -0.3 is 23.2 Å². The molecule has 0 saturated heterocycles. The molecule has 0 rings (SSSR count). The number of carbonyl (C=O) groups is 1. The number of quaternary nitrogens is 1. The van der Waals surface area contributed by atoms with Crippen molar-refractivity contribution in [1.82, 2.24) is 0 Å². The van der Waals surface area contributed by atoms with Gasteiger partial charge in [-0.25, -0.2) is 4.79 Å². The van der Waals surface area contributed by atoms with Gasteiger partial charge in [-0.15, -0.1) is 0 Å². The highest BCUT2D eigenvalue weighted by Gasteiger charge is 2.12. The van der Waals surface area contributed by atoms with E-state index in [4.69, 9.17) is 13.8 Å². The van der Waals surface area contributed by atoms with Crippen LogP contribution in [0, 0.1) is 0 Å². The van der Waals surface area contributed by atoms with Crippen molar-refractivity contribution in [3.8, 4) is 0 Å². The van der Waals surface area contributed by atoms with Crippen LogP contribution >= 0.6 is 7.82 Å². The van der Waals surface area contributed by atoms with Crippen LogP contribution in [0.25, 0.3) is 0 Å². The second-order valence-corrected chi connectivity index (χ2v) is 8.22. The Morgan fingerprint density at radius 1 is 1.00 bits per heavy atom. The van der Waals surface area contributed by atoms with Crippen LogP contribution in [0.1, 0.15) is 39.0 Å². The van der Waals surface area contributed by atoms with Crippen LogP contribution in [-0.4, -0.2) is 58.0 Å². The monoisotopic (exact) mass is 365 g/mol. The van der Waals surface area contributed by atoms with Gasteiger partial charge in [-0.05, 0) is 19.8 Å². The van der Waals surface area contributed by atoms with E-state index in [1.165, 1.54) is 0 Å². The van der Waals surface area contributed by atoms with E-state index in [0.717, 1.165) is 25.7 Å². The van der Waals surface area contributed by atoms with Gasteiger partial charge in [0.05, 0.1) is 34.4 Å². The number of esters is 1. The molecule has 0 radical (unpaired) electrons. The number of hydrogen-bond acceptors (Lipinski definition) is 6. The van der Waals surface area contributed by atoms with Crippen molar-refractivity contribution in [2.24, 2.45) is 0 Å². The van der Waals surface area contributed by atoms with Gasteiger partial charge >= 0.3 is 5.97 Å². The largest absolute Gasteiger partial charge is 0.756 e. The van der Waals surface area contributed by atoms with Crippen molar-refractivity contribution in [2.75, 3.05) is 47.5 Å². The first-order valence-corrected chi connectivity index (χ1v) is 9.73. The average Bonchev–Trinajstić information content (AvgIpc) is 2.43. The fraction of sp³-hybridized carbons (Fsp3) is 0.812. The van der Waals surface area contributed by atoms with Crippen molar-refractivity contribution in [2.45, 2.75) is 39.0 Å². The van der Waals surface area contributed by atoms with Gasteiger partial charge in [0.1, 0.15) is 13.2 Å². The number of unbranched alkanes of at least 4 members (excludes halogenated alkanes) is 4. The molecule has 0 aromatic heterocycles. The van der Waals surface area contributed by atoms with E-state index in [2.05, 4.69) is 6.58 Å². The van der Waals surface area contributed by atoms with Gasteiger partial charge in [-0.2, -0.15) is 0 Å². The molecule has 0 aromatic carbocycles. The standard InChI is InChI=1S/C16H32NO6P/c1-15(2)16(18)21-12-9-7-6-8-10-13-22-24(19,20)23-14-11-17(3,4)5/h1,6-14H2,2-5H3. The van der Waals surface area contributed by atoms with Crippen molar-refractivity contribution in [3.63, 3.8) is 0 Å². The lowest BCUT2D eigenvalue weighted by atomic mass is 10.1. The Labute approximate surface area is 145 Å². The summed E-state index contributed by atoms with van der Waals surface area (Å²) in [4.78, 5) is 22.7.